The van der Waals surface area contributed by atoms with Crippen molar-refractivity contribution >= 4 is 16.7 Å². The number of aryl methyl sites for hydroxylation is 1. The molecule has 0 aliphatic heterocycles. The lowest BCUT2D eigenvalue weighted by Gasteiger charge is -2.16. The number of ether oxygens (including phenoxy) is 1. The summed E-state index contributed by atoms with van der Waals surface area (Å²) in [6.45, 7) is 1.92. The Labute approximate surface area is 187 Å². The van der Waals surface area contributed by atoms with Crippen molar-refractivity contribution in [1.82, 2.24) is 25.5 Å². The number of nitrogens with one attached hydrogen (secondary N) is 1. The zero-order valence-electron chi connectivity index (χ0n) is 17.8. The number of tetrazole rings is 1. The van der Waals surface area contributed by atoms with Gasteiger partial charge in [0.1, 0.15) is 11.5 Å². The molecule has 4 rings (SSSR count). The highest BCUT2D eigenvalue weighted by Gasteiger charge is 2.30. The van der Waals surface area contributed by atoms with E-state index in [-0.39, 0.29) is 17.7 Å². The lowest BCUT2D eigenvalue weighted by molar-refractivity contribution is -0.137. The van der Waals surface area contributed by atoms with Gasteiger partial charge in [0.25, 0.3) is 5.91 Å². The summed E-state index contributed by atoms with van der Waals surface area (Å²) in [5, 5.41) is 15.8. The average molecular weight is 455 g/mol. The van der Waals surface area contributed by atoms with Gasteiger partial charge in [0, 0.05) is 18.0 Å². The number of rotatable bonds is 6. The molecule has 3 aromatic carbocycles. The average Bonchev–Trinajstić information content (AvgIpc) is 3.22. The third kappa shape index (κ3) is 4.79. The van der Waals surface area contributed by atoms with Crippen LogP contribution in [-0.2, 0) is 13.2 Å². The molecule has 1 heterocycles. The minimum Gasteiger partial charge on any atom is -0.457 e. The monoisotopic (exact) mass is 455 g/mol. The molecule has 0 aliphatic carbocycles. The quantitative estimate of drug-likeness (QED) is 0.440. The van der Waals surface area contributed by atoms with Gasteiger partial charge < -0.3 is 10.1 Å². The summed E-state index contributed by atoms with van der Waals surface area (Å²) in [4.78, 5) is 12.8. The van der Waals surface area contributed by atoms with Gasteiger partial charge in [-0.2, -0.15) is 13.2 Å². The minimum absolute atomic E-state index is 0.277. The molecule has 1 atom stereocenters. The second kappa shape index (κ2) is 8.89. The Morgan fingerprint density at radius 2 is 1.88 bits per heavy atom. The summed E-state index contributed by atoms with van der Waals surface area (Å²) in [6.07, 6.45) is -3.80. The molecule has 0 spiro atoms. The molecule has 10 heteroatoms. The third-order valence-corrected chi connectivity index (χ3v) is 5.19. The van der Waals surface area contributed by atoms with Crippen LogP contribution in [0.4, 0.5) is 13.2 Å². The number of halogens is 3. The van der Waals surface area contributed by atoms with Crippen molar-refractivity contribution in [2.75, 3.05) is 0 Å². The molecule has 0 fully saturated rings. The predicted molar refractivity (Wildman–Crippen MR) is 115 cm³/mol. The molecule has 4 aromatic rings. The number of benzene rings is 3. The molecule has 1 amide bonds. The fourth-order valence-corrected chi connectivity index (χ4v) is 3.45. The van der Waals surface area contributed by atoms with E-state index in [1.54, 1.807) is 37.4 Å². The second-order valence-electron chi connectivity index (χ2n) is 7.41. The Hall–Kier alpha value is -3.95. The van der Waals surface area contributed by atoms with Crippen molar-refractivity contribution in [3.8, 4) is 11.5 Å². The molecule has 0 saturated heterocycles. The molecule has 1 aromatic heterocycles. The molecular weight excluding hydrogens is 435 g/mol. The highest BCUT2D eigenvalue weighted by atomic mass is 19.4. The molecule has 1 N–H and O–H groups in total. The first kappa shape index (κ1) is 22.3. The van der Waals surface area contributed by atoms with E-state index in [1.165, 1.54) is 16.8 Å². The van der Waals surface area contributed by atoms with Crippen LogP contribution in [0.15, 0.2) is 60.7 Å². The first-order valence-electron chi connectivity index (χ1n) is 10.2. The molecule has 170 valence electrons. The van der Waals surface area contributed by atoms with Crippen LogP contribution < -0.4 is 10.1 Å². The molecule has 0 saturated carbocycles. The summed E-state index contributed by atoms with van der Waals surface area (Å²) < 4.78 is 45.6. The van der Waals surface area contributed by atoms with Gasteiger partial charge >= 0.3 is 6.18 Å². The van der Waals surface area contributed by atoms with Crippen LogP contribution >= 0.6 is 0 Å². The molecule has 0 radical (unpaired) electrons. The number of hydrogen-bond donors (Lipinski definition) is 1. The number of fused-ring (bicyclic) bond motifs is 1. The maximum Gasteiger partial charge on any atom is 0.416 e. The number of hydrogen-bond acceptors (Lipinski definition) is 5. The first-order valence-corrected chi connectivity index (χ1v) is 10.2. The molecule has 0 bridgehead atoms. The lowest BCUT2D eigenvalue weighted by Crippen LogP contribution is -2.30. The van der Waals surface area contributed by atoms with Crippen molar-refractivity contribution < 1.29 is 22.7 Å². The van der Waals surface area contributed by atoms with E-state index >= 15 is 0 Å². The largest absolute Gasteiger partial charge is 0.457 e. The normalized spacial score (nSPS) is 12.5. The Kier molecular flexibility index (Phi) is 5.99. The third-order valence-electron chi connectivity index (χ3n) is 5.19. The van der Waals surface area contributed by atoms with Gasteiger partial charge in [-0.15, -0.1) is 5.10 Å². The first-order chi connectivity index (χ1) is 15.8. The smallest absolute Gasteiger partial charge is 0.416 e. The van der Waals surface area contributed by atoms with Crippen molar-refractivity contribution in [1.29, 1.82) is 0 Å². The van der Waals surface area contributed by atoms with Gasteiger partial charge in [0.15, 0.2) is 5.82 Å². The molecule has 7 nitrogen and oxygen atoms in total. The van der Waals surface area contributed by atoms with Crippen LogP contribution in [0.2, 0.25) is 0 Å². The molecule has 0 unspecified atom stereocenters. The van der Waals surface area contributed by atoms with E-state index in [9.17, 15) is 18.0 Å². The van der Waals surface area contributed by atoms with E-state index in [2.05, 4.69) is 20.8 Å². The number of aromatic nitrogens is 4. The lowest BCUT2D eigenvalue weighted by atomic mass is 10.0. The van der Waals surface area contributed by atoms with Gasteiger partial charge in [-0.3, -0.25) is 4.79 Å². The standard InChI is InChI=1S/C23H20F3N5O2/c1-3-19(21-28-29-30-31(21)2)27-22(32)15-7-12-18-14(13-15)5-4-6-20(18)33-17-10-8-16(9-11-17)23(24,25)26/h4-13,19H,3H2,1-2H3,(H,27,32)/t19-/m0/s1. The van der Waals surface area contributed by atoms with Crippen LogP contribution in [-0.4, -0.2) is 26.1 Å². The highest BCUT2D eigenvalue weighted by Crippen LogP contribution is 2.33. The van der Waals surface area contributed by atoms with Gasteiger partial charge in [-0.05, 0) is 70.8 Å². The minimum atomic E-state index is -4.41. The van der Waals surface area contributed by atoms with Gasteiger partial charge in [-0.25, -0.2) is 4.68 Å². The van der Waals surface area contributed by atoms with E-state index < -0.39 is 11.7 Å². The van der Waals surface area contributed by atoms with Crippen molar-refractivity contribution in [3.05, 3.63) is 77.6 Å². The van der Waals surface area contributed by atoms with Crippen molar-refractivity contribution in [2.45, 2.75) is 25.6 Å². The van der Waals surface area contributed by atoms with Crippen LogP contribution in [0.5, 0.6) is 11.5 Å². The number of carbonyl (C=O) groups is 1. The van der Waals surface area contributed by atoms with Crippen LogP contribution in [0.25, 0.3) is 10.8 Å². The SMILES string of the molecule is CC[C@H](NC(=O)c1ccc2c(Oc3ccc(C(F)(F)F)cc3)cccc2c1)c1nnnn1C. The predicted octanol–water partition coefficient (Wildman–Crippen LogP) is 5.06. The summed E-state index contributed by atoms with van der Waals surface area (Å²) in [6, 6.07) is 14.6. The number of amides is 1. The Morgan fingerprint density at radius 3 is 2.52 bits per heavy atom. The number of alkyl halides is 3. The molecule has 33 heavy (non-hydrogen) atoms. The topological polar surface area (TPSA) is 81.9 Å². The summed E-state index contributed by atoms with van der Waals surface area (Å²) in [5.74, 6) is 1.02. The summed E-state index contributed by atoms with van der Waals surface area (Å²) in [7, 11) is 1.71. The van der Waals surface area contributed by atoms with E-state index in [1.807, 2.05) is 13.0 Å². The zero-order valence-corrected chi connectivity index (χ0v) is 17.8. The number of nitrogens with zero attached hydrogens (tertiary/aromatic N) is 4. The van der Waals surface area contributed by atoms with Crippen LogP contribution in [0.1, 0.15) is 41.1 Å². The summed E-state index contributed by atoms with van der Waals surface area (Å²) >= 11 is 0. The van der Waals surface area contributed by atoms with Gasteiger partial charge in [0.2, 0.25) is 0 Å². The fraction of sp³-hybridized carbons (Fsp3) is 0.217. The maximum absolute atomic E-state index is 12.8. The van der Waals surface area contributed by atoms with Crippen LogP contribution in [0, 0.1) is 0 Å². The second-order valence-corrected chi connectivity index (χ2v) is 7.41. The Bertz CT molecular complexity index is 1290. The zero-order chi connectivity index (χ0) is 23.6. The highest BCUT2D eigenvalue weighted by molar-refractivity contribution is 6.00. The van der Waals surface area contributed by atoms with E-state index in [0.717, 1.165) is 22.9 Å². The van der Waals surface area contributed by atoms with E-state index in [4.69, 9.17) is 4.74 Å². The fourth-order valence-electron chi connectivity index (χ4n) is 3.45. The maximum atomic E-state index is 12.8. The number of carbonyl (C=O) groups excluding carboxylic acids is 1. The molecular formula is C23H20F3N5O2. The van der Waals surface area contributed by atoms with Crippen LogP contribution in [0.3, 0.4) is 0 Å². The molecule has 0 aliphatic rings. The van der Waals surface area contributed by atoms with Crippen molar-refractivity contribution in [3.63, 3.8) is 0 Å². The van der Waals surface area contributed by atoms with Gasteiger partial charge in [0.05, 0.1) is 11.6 Å². The Balaban J connectivity index is 1.55. The van der Waals surface area contributed by atoms with Gasteiger partial charge in [-0.1, -0.05) is 19.1 Å². The van der Waals surface area contributed by atoms with E-state index in [0.29, 0.717) is 23.6 Å². The summed E-state index contributed by atoms with van der Waals surface area (Å²) in [5.41, 5.74) is -0.298. The Morgan fingerprint density at radius 1 is 1.12 bits per heavy atom. The van der Waals surface area contributed by atoms with Crippen molar-refractivity contribution in [2.24, 2.45) is 7.05 Å².